The maximum atomic E-state index is 13.9. The van der Waals surface area contributed by atoms with Gasteiger partial charge in [-0.1, -0.05) is 84.9 Å². The summed E-state index contributed by atoms with van der Waals surface area (Å²) < 4.78 is 3.72. The molecular formula is C68H80N8O6. The number of amides is 2. The summed E-state index contributed by atoms with van der Waals surface area (Å²) in [5.74, 6) is -3.41. The van der Waals surface area contributed by atoms with Crippen molar-refractivity contribution in [2.45, 2.75) is 161 Å². The van der Waals surface area contributed by atoms with Crippen molar-refractivity contribution in [3.8, 4) is 0 Å². The first kappa shape index (κ1) is 58.6. The lowest BCUT2D eigenvalue weighted by atomic mass is 9.76. The smallest absolute Gasteiger partial charge is 0.307 e. The van der Waals surface area contributed by atoms with Gasteiger partial charge in [0.15, 0.2) is 0 Å². The molecule has 2 aliphatic heterocycles. The summed E-state index contributed by atoms with van der Waals surface area (Å²) in [7, 11) is 0. The molecule has 2 aliphatic rings. The molecule has 0 unspecified atom stereocenters. The van der Waals surface area contributed by atoms with Crippen LogP contribution >= 0.6 is 0 Å². The number of carboxylic acid groups (broad SMARTS) is 2. The second kappa shape index (κ2) is 23.8. The van der Waals surface area contributed by atoms with Crippen LogP contribution in [0.4, 0.5) is 0 Å². The fourth-order valence-electron chi connectivity index (χ4n) is 13.1. The molecule has 4 atom stereocenters. The quantitative estimate of drug-likeness (QED) is 0.107. The summed E-state index contributed by atoms with van der Waals surface area (Å²) in [5.41, 5.74) is 24.1. The van der Waals surface area contributed by atoms with Crippen LogP contribution in [0.15, 0.2) is 72.8 Å². The highest BCUT2D eigenvalue weighted by molar-refractivity contribution is 5.99. The van der Waals surface area contributed by atoms with Gasteiger partial charge in [0, 0.05) is 62.2 Å². The SMILES string of the molecule is CC[C@@H](C(=O)O)[C@@H](c1ccc2c(c1)CN(C(=O)c1c(C)c(C)cc(C)c1C)CC2)c1ccc2c(nnn2CC)c1C.CC[C@H](C(=O)O)[C@@H](c1ccc2c(c1)CN(C(=O)c1c(C)c(C)cc(C)c1C)CC2)c1ccc2c(nnn2CC)c1C. The predicted molar refractivity (Wildman–Crippen MR) is 323 cm³/mol. The number of hydrogen-bond acceptors (Lipinski definition) is 8. The zero-order chi connectivity index (χ0) is 59.2. The van der Waals surface area contributed by atoms with E-state index in [0.29, 0.717) is 52.1 Å². The first-order valence-electron chi connectivity index (χ1n) is 29.2. The van der Waals surface area contributed by atoms with Gasteiger partial charge in [0.05, 0.1) is 22.9 Å². The number of nitrogens with zero attached hydrogens (tertiary/aromatic N) is 8. The van der Waals surface area contributed by atoms with Gasteiger partial charge in [-0.3, -0.25) is 19.2 Å². The fraction of sp³-hybridized carbons (Fsp3) is 0.412. The van der Waals surface area contributed by atoms with Gasteiger partial charge in [0.1, 0.15) is 11.0 Å². The number of benzene rings is 6. The zero-order valence-electron chi connectivity index (χ0n) is 50.4. The van der Waals surface area contributed by atoms with E-state index in [9.17, 15) is 29.4 Å². The Bertz CT molecular complexity index is 3530. The minimum absolute atomic E-state index is 0.0664. The van der Waals surface area contributed by atoms with Crippen molar-refractivity contribution in [3.05, 3.63) is 184 Å². The third kappa shape index (κ3) is 10.7. The molecule has 0 aliphatic carbocycles. The lowest BCUT2D eigenvalue weighted by Gasteiger charge is -2.32. The number of fused-ring (bicyclic) bond motifs is 4. The molecule has 428 valence electrons. The highest BCUT2D eigenvalue weighted by Crippen LogP contribution is 2.42. The van der Waals surface area contributed by atoms with Gasteiger partial charge in [-0.2, -0.15) is 0 Å². The van der Waals surface area contributed by atoms with Crippen LogP contribution in [0, 0.1) is 81.1 Å². The molecule has 0 fully saturated rings. The van der Waals surface area contributed by atoms with E-state index in [2.05, 4.69) is 96.9 Å². The first-order chi connectivity index (χ1) is 39.1. The molecule has 8 aromatic rings. The molecular weight excluding hydrogens is 1020 g/mol. The van der Waals surface area contributed by atoms with E-state index in [1.54, 1.807) is 0 Å². The van der Waals surface area contributed by atoms with Crippen molar-refractivity contribution in [2.75, 3.05) is 13.1 Å². The molecule has 0 radical (unpaired) electrons. The Morgan fingerprint density at radius 1 is 0.463 bits per heavy atom. The molecule has 0 saturated carbocycles. The second-order valence-electron chi connectivity index (χ2n) is 23.0. The van der Waals surface area contributed by atoms with E-state index in [1.165, 1.54) is 11.1 Å². The average molecular weight is 1110 g/mol. The van der Waals surface area contributed by atoms with Crippen molar-refractivity contribution >= 4 is 45.8 Å². The monoisotopic (exact) mass is 1100 g/mol. The van der Waals surface area contributed by atoms with E-state index in [1.807, 2.05) is 113 Å². The highest BCUT2D eigenvalue weighted by Gasteiger charge is 2.35. The molecule has 0 bridgehead atoms. The molecule has 0 saturated heterocycles. The van der Waals surface area contributed by atoms with Crippen molar-refractivity contribution in [1.29, 1.82) is 0 Å². The van der Waals surface area contributed by atoms with E-state index in [-0.39, 0.29) is 23.7 Å². The Hall–Kier alpha value is -8.00. The van der Waals surface area contributed by atoms with Gasteiger partial charge in [0.2, 0.25) is 0 Å². The summed E-state index contributed by atoms with van der Waals surface area (Å²) in [6, 6.07) is 25.1. The summed E-state index contributed by atoms with van der Waals surface area (Å²) in [6.45, 7) is 32.1. The number of hydrogen-bond donors (Lipinski definition) is 2. The third-order valence-electron chi connectivity index (χ3n) is 18.5. The molecule has 14 heteroatoms. The molecule has 14 nitrogen and oxygen atoms in total. The largest absolute Gasteiger partial charge is 0.481 e. The van der Waals surface area contributed by atoms with E-state index < -0.39 is 23.8 Å². The minimum atomic E-state index is -0.815. The van der Waals surface area contributed by atoms with Gasteiger partial charge in [0.25, 0.3) is 11.8 Å². The van der Waals surface area contributed by atoms with Crippen LogP contribution in [-0.2, 0) is 48.6 Å². The Morgan fingerprint density at radius 2 is 0.817 bits per heavy atom. The van der Waals surface area contributed by atoms with Gasteiger partial charge < -0.3 is 20.0 Å². The zero-order valence-corrected chi connectivity index (χ0v) is 50.4. The standard InChI is InChI=1S/2C34H40N4O3/c2*1-8-27(34(40)41)31(28-12-13-29-32(23(28)7)35-36-38(29)9-2)25-11-10-24-14-15-37(18-26(24)17-25)33(39)30-21(5)19(3)16-20(4)22(30)6/h2*10-13,16-17,27,31H,8-9,14-15,18H2,1-7H3,(H,40,41)/t27-,31+;27-,31-/m01/s1. The Balaban J connectivity index is 0.000000198. The molecule has 82 heavy (non-hydrogen) atoms. The lowest BCUT2D eigenvalue weighted by molar-refractivity contribution is -0.143. The molecule has 2 aromatic heterocycles. The Kier molecular flexibility index (Phi) is 17.0. The Labute approximate surface area is 482 Å². The highest BCUT2D eigenvalue weighted by atomic mass is 16.4. The molecule has 10 rings (SSSR count). The maximum Gasteiger partial charge on any atom is 0.307 e. The molecule has 0 spiro atoms. The van der Waals surface area contributed by atoms with Crippen molar-refractivity contribution in [2.24, 2.45) is 11.8 Å². The van der Waals surface area contributed by atoms with Crippen LogP contribution in [0.25, 0.3) is 22.1 Å². The average Bonchev–Trinajstić information content (AvgIpc) is 4.17. The summed E-state index contributed by atoms with van der Waals surface area (Å²) in [5, 5.41) is 38.1. The number of carboxylic acids is 2. The van der Waals surface area contributed by atoms with Crippen LogP contribution in [0.1, 0.15) is 173 Å². The van der Waals surface area contributed by atoms with E-state index >= 15 is 0 Å². The minimum Gasteiger partial charge on any atom is -0.481 e. The molecule has 6 aromatic carbocycles. The number of carbonyl (C=O) groups excluding carboxylic acids is 2. The lowest BCUT2D eigenvalue weighted by Crippen LogP contribution is -2.37. The van der Waals surface area contributed by atoms with E-state index in [0.717, 1.165) is 135 Å². The van der Waals surface area contributed by atoms with Gasteiger partial charge in [-0.15, -0.1) is 10.2 Å². The second-order valence-corrected chi connectivity index (χ2v) is 23.0. The van der Waals surface area contributed by atoms with Crippen LogP contribution < -0.4 is 0 Å². The number of aromatic nitrogens is 6. The number of rotatable bonds is 14. The van der Waals surface area contributed by atoms with Crippen molar-refractivity contribution in [1.82, 2.24) is 39.8 Å². The Morgan fingerprint density at radius 3 is 1.13 bits per heavy atom. The molecule has 2 amide bonds. The van der Waals surface area contributed by atoms with Gasteiger partial charge in [-0.25, -0.2) is 9.36 Å². The van der Waals surface area contributed by atoms with Crippen LogP contribution in [-0.4, -0.2) is 86.8 Å². The van der Waals surface area contributed by atoms with Gasteiger partial charge >= 0.3 is 11.9 Å². The number of aliphatic carboxylic acids is 2. The first-order valence-corrected chi connectivity index (χ1v) is 29.2. The summed E-state index contributed by atoms with van der Waals surface area (Å²) in [4.78, 5) is 56.8. The fourth-order valence-corrected chi connectivity index (χ4v) is 13.1. The van der Waals surface area contributed by atoms with Crippen molar-refractivity contribution < 1.29 is 29.4 Å². The predicted octanol–water partition coefficient (Wildman–Crippen LogP) is 12.9. The van der Waals surface area contributed by atoms with Crippen molar-refractivity contribution in [3.63, 3.8) is 0 Å². The number of aryl methyl sites for hydroxylation is 8. The van der Waals surface area contributed by atoms with Crippen LogP contribution in [0.5, 0.6) is 0 Å². The van der Waals surface area contributed by atoms with Gasteiger partial charge in [-0.05, 0) is 221 Å². The maximum absolute atomic E-state index is 13.9. The molecule has 2 N–H and O–H groups in total. The van der Waals surface area contributed by atoms with E-state index in [4.69, 9.17) is 0 Å². The normalized spacial score (nSPS) is 14.7. The summed E-state index contributed by atoms with van der Waals surface area (Å²) in [6.07, 6.45) is 2.53. The third-order valence-corrected chi connectivity index (χ3v) is 18.5. The summed E-state index contributed by atoms with van der Waals surface area (Å²) >= 11 is 0. The van der Waals surface area contributed by atoms with Crippen LogP contribution in [0.3, 0.4) is 0 Å². The topological polar surface area (TPSA) is 177 Å². The number of carbonyl (C=O) groups is 4. The van der Waals surface area contributed by atoms with Crippen LogP contribution in [0.2, 0.25) is 0 Å². The molecule has 4 heterocycles.